The largest absolute Gasteiger partial charge is 0.355 e. The summed E-state index contributed by atoms with van der Waals surface area (Å²) >= 11 is 0. The fourth-order valence-electron chi connectivity index (χ4n) is 3.33. The van der Waals surface area contributed by atoms with Crippen LogP contribution >= 0.6 is 0 Å². The summed E-state index contributed by atoms with van der Waals surface area (Å²) in [6, 6.07) is 6.26. The van der Waals surface area contributed by atoms with Crippen LogP contribution in [-0.4, -0.2) is 53.5 Å². The Labute approximate surface area is 180 Å². The topological polar surface area (TPSA) is 77.6 Å². The molecule has 2 heterocycles. The highest BCUT2D eigenvalue weighted by molar-refractivity contribution is 5.94. The highest BCUT2D eigenvalue weighted by Gasteiger charge is 2.23. The Balaban J connectivity index is 1.60. The standard InChI is InChI=1S/C22H27F2N5O2/c1-22(2,3)27-21(31)26-16-6-8-19(25-14-16)28-9-4-10-29(12-11-28)20(30)17-7-5-15(23)13-18(17)24/h5-8,13-14H,4,9-12H2,1-3H3,(H2,26,27,31). The average molecular weight is 431 g/mol. The molecule has 1 saturated heterocycles. The zero-order chi connectivity index (χ0) is 22.6. The van der Waals surface area contributed by atoms with Crippen LogP contribution in [0.4, 0.5) is 25.1 Å². The van der Waals surface area contributed by atoms with Crippen LogP contribution < -0.4 is 15.5 Å². The number of urea groups is 1. The van der Waals surface area contributed by atoms with Gasteiger partial charge in [0.1, 0.15) is 17.5 Å². The molecule has 1 aromatic carbocycles. The van der Waals surface area contributed by atoms with Crippen molar-refractivity contribution in [2.24, 2.45) is 0 Å². The minimum atomic E-state index is -0.855. The van der Waals surface area contributed by atoms with Gasteiger partial charge < -0.3 is 20.4 Å². The summed E-state index contributed by atoms with van der Waals surface area (Å²) in [6.45, 7) is 7.76. The van der Waals surface area contributed by atoms with E-state index in [0.717, 1.165) is 18.0 Å². The number of carbonyl (C=O) groups excluding carboxylic acids is 2. The Bertz CT molecular complexity index is 944. The molecule has 1 aromatic heterocycles. The Morgan fingerprint density at radius 1 is 1.03 bits per heavy atom. The van der Waals surface area contributed by atoms with Crippen molar-refractivity contribution in [1.29, 1.82) is 0 Å². The van der Waals surface area contributed by atoms with Gasteiger partial charge in [-0.05, 0) is 51.5 Å². The van der Waals surface area contributed by atoms with E-state index in [0.29, 0.717) is 38.3 Å². The molecule has 3 amide bonds. The molecule has 31 heavy (non-hydrogen) atoms. The summed E-state index contributed by atoms with van der Waals surface area (Å²) in [7, 11) is 0. The Morgan fingerprint density at radius 2 is 1.81 bits per heavy atom. The van der Waals surface area contributed by atoms with Gasteiger partial charge in [0, 0.05) is 37.8 Å². The van der Waals surface area contributed by atoms with E-state index in [4.69, 9.17) is 0 Å². The van der Waals surface area contributed by atoms with Crippen LogP contribution in [0, 0.1) is 11.6 Å². The quantitative estimate of drug-likeness (QED) is 0.778. The van der Waals surface area contributed by atoms with Crippen molar-refractivity contribution in [3.8, 4) is 0 Å². The molecule has 2 N–H and O–H groups in total. The number of benzene rings is 1. The Kier molecular flexibility index (Phi) is 6.72. The molecule has 0 bridgehead atoms. The third-order valence-corrected chi connectivity index (χ3v) is 4.76. The van der Waals surface area contributed by atoms with Crippen LogP contribution in [0.1, 0.15) is 37.6 Å². The molecule has 1 aliphatic rings. The van der Waals surface area contributed by atoms with Gasteiger partial charge in [0.2, 0.25) is 0 Å². The first-order valence-electron chi connectivity index (χ1n) is 10.2. The summed E-state index contributed by atoms with van der Waals surface area (Å²) in [5.74, 6) is -1.29. The Hall–Kier alpha value is -3.23. The molecule has 1 fully saturated rings. The minimum absolute atomic E-state index is 0.128. The van der Waals surface area contributed by atoms with E-state index in [2.05, 4.69) is 15.6 Å². The van der Waals surface area contributed by atoms with Crippen LogP contribution in [0.5, 0.6) is 0 Å². The second kappa shape index (κ2) is 9.28. The highest BCUT2D eigenvalue weighted by Crippen LogP contribution is 2.18. The fraction of sp³-hybridized carbons (Fsp3) is 0.409. The second-order valence-corrected chi connectivity index (χ2v) is 8.49. The summed E-state index contributed by atoms with van der Waals surface area (Å²) in [4.78, 5) is 32.7. The van der Waals surface area contributed by atoms with E-state index in [9.17, 15) is 18.4 Å². The van der Waals surface area contributed by atoms with Crippen LogP contribution in [0.15, 0.2) is 36.5 Å². The van der Waals surface area contributed by atoms with E-state index in [1.54, 1.807) is 17.2 Å². The molecule has 2 aromatic rings. The molecule has 0 spiro atoms. The van der Waals surface area contributed by atoms with Gasteiger partial charge in [0.15, 0.2) is 0 Å². The number of carbonyl (C=O) groups is 2. The zero-order valence-electron chi connectivity index (χ0n) is 17.9. The number of hydrogen-bond donors (Lipinski definition) is 2. The molecule has 0 aliphatic carbocycles. The number of anilines is 2. The monoisotopic (exact) mass is 431 g/mol. The number of hydrogen-bond acceptors (Lipinski definition) is 4. The molecular formula is C22H27F2N5O2. The molecule has 166 valence electrons. The number of halogens is 2. The van der Waals surface area contributed by atoms with E-state index in [1.807, 2.05) is 31.7 Å². The smallest absolute Gasteiger partial charge is 0.319 e. The fourth-order valence-corrected chi connectivity index (χ4v) is 3.33. The Morgan fingerprint density at radius 3 is 2.45 bits per heavy atom. The number of aromatic nitrogens is 1. The van der Waals surface area contributed by atoms with E-state index < -0.39 is 17.5 Å². The lowest BCUT2D eigenvalue weighted by atomic mass is 10.1. The van der Waals surface area contributed by atoms with Gasteiger partial charge in [-0.2, -0.15) is 0 Å². The lowest BCUT2D eigenvalue weighted by Crippen LogP contribution is -2.43. The first kappa shape index (κ1) is 22.5. The maximum atomic E-state index is 14.0. The maximum absolute atomic E-state index is 14.0. The lowest BCUT2D eigenvalue weighted by Gasteiger charge is -2.23. The van der Waals surface area contributed by atoms with Crippen molar-refractivity contribution in [3.63, 3.8) is 0 Å². The summed E-state index contributed by atoms with van der Waals surface area (Å²) < 4.78 is 27.1. The van der Waals surface area contributed by atoms with Crippen molar-refractivity contribution in [2.45, 2.75) is 32.7 Å². The second-order valence-electron chi connectivity index (χ2n) is 8.49. The predicted octanol–water partition coefficient (Wildman–Crippen LogP) is 3.63. The number of nitrogens with one attached hydrogen (secondary N) is 2. The highest BCUT2D eigenvalue weighted by atomic mass is 19.1. The van der Waals surface area contributed by atoms with Crippen LogP contribution in [0.2, 0.25) is 0 Å². The number of amides is 3. The van der Waals surface area contributed by atoms with E-state index >= 15 is 0 Å². The van der Waals surface area contributed by atoms with Gasteiger partial charge >= 0.3 is 6.03 Å². The number of rotatable bonds is 3. The van der Waals surface area contributed by atoms with Crippen molar-refractivity contribution < 1.29 is 18.4 Å². The van der Waals surface area contributed by atoms with Gasteiger partial charge in [-0.3, -0.25) is 4.79 Å². The maximum Gasteiger partial charge on any atom is 0.319 e. The van der Waals surface area contributed by atoms with Gasteiger partial charge in [0.05, 0.1) is 17.4 Å². The first-order valence-corrected chi connectivity index (χ1v) is 10.2. The molecule has 7 nitrogen and oxygen atoms in total. The summed E-state index contributed by atoms with van der Waals surface area (Å²) in [5.41, 5.74) is 0.102. The zero-order valence-corrected chi connectivity index (χ0v) is 17.9. The van der Waals surface area contributed by atoms with Crippen molar-refractivity contribution in [3.05, 3.63) is 53.7 Å². The predicted molar refractivity (Wildman–Crippen MR) is 115 cm³/mol. The van der Waals surface area contributed by atoms with Gasteiger partial charge in [-0.15, -0.1) is 0 Å². The van der Waals surface area contributed by atoms with E-state index in [1.165, 1.54) is 6.07 Å². The van der Waals surface area contributed by atoms with Gasteiger partial charge in [0.25, 0.3) is 5.91 Å². The molecule has 0 unspecified atom stereocenters. The molecule has 0 radical (unpaired) electrons. The third kappa shape index (κ3) is 6.13. The van der Waals surface area contributed by atoms with E-state index in [-0.39, 0.29) is 17.1 Å². The summed E-state index contributed by atoms with van der Waals surface area (Å²) in [6.07, 6.45) is 2.27. The van der Waals surface area contributed by atoms with Gasteiger partial charge in [-0.1, -0.05) is 0 Å². The molecule has 0 saturated carbocycles. The lowest BCUT2D eigenvalue weighted by molar-refractivity contribution is 0.0762. The molecule has 3 rings (SSSR count). The third-order valence-electron chi connectivity index (χ3n) is 4.76. The number of pyridine rings is 1. The molecule has 1 aliphatic heterocycles. The van der Waals surface area contributed by atoms with Crippen molar-refractivity contribution in [1.82, 2.24) is 15.2 Å². The molecular weight excluding hydrogens is 404 g/mol. The SMILES string of the molecule is CC(C)(C)NC(=O)Nc1ccc(N2CCCN(C(=O)c3ccc(F)cc3F)CC2)nc1. The van der Waals surface area contributed by atoms with Gasteiger partial charge in [-0.25, -0.2) is 18.6 Å². The molecule has 0 atom stereocenters. The normalized spacial score (nSPS) is 14.7. The first-order chi connectivity index (χ1) is 14.6. The molecule has 9 heteroatoms. The number of nitrogens with zero attached hydrogens (tertiary/aromatic N) is 3. The van der Waals surface area contributed by atoms with Crippen LogP contribution in [0.25, 0.3) is 0 Å². The van der Waals surface area contributed by atoms with Crippen molar-refractivity contribution >= 4 is 23.4 Å². The average Bonchev–Trinajstić information content (AvgIpc) is 2.93. The summed E-state index contributed by atoms with van der Waals surface area (Å²) in [5, 5.41) is 5.56. The minimum Gasteiger partial charge on any atom is -0.355 e. The van der Waals surface area contributed by atoms with Crippen molar-refractivity contribution in [2.75, 3.05) is 36.4 Å². The van der Waals surface area contributed by atoms with Crippen LogP contribution in [0.3, 0.4) is 0 Å². The van der Waals surface area contributed by atoms with Crippen LogP contribution in [-0.2, 0) is 0 Å².